The molecular formula is C33H40O19. The molecule has 2 aromatic carbocycles. The van der Waals surface area contributed by atoms with E-state index in [0.717, 1.165) is 12.1 Å². The summed E-state index contributed by atoms with van der Waals surface area (Å²) in [6, 6.07) is 7.24. The Morgan fingerprint density at radius 1 is 0.654 bits per heavy atom. The molecule has 19 heteroatoms. The highest BCUT2D eigenvalue weighted by molar-refractivity contribution is 5.88. The molecule has 15 atom stereocenters. The number of aliphatic hydroxyl groups is 8. The molecule has 0 amide bonds. The Hall–Kier alpha value is -3.67. The molecule has 0 aliphatic carbocycles. The van der Waals surface area contributed by atoms with E-state index in [0.29, 0.717) is 0 Å². The molecule has 3 aliphatic heterocycles. The molecule has 3 saturated heterocycles. The van der Waals surface area contributed by atoms with Crippen molar-refractivity contribution >= 4 is 11.0 Å². The van der Waals surface area contributed by atoms with Crippen molar-refractivity contribution in [2.75, 3.05) is 6.61 Å². The molecule has 1 aromatic heterocycles. The second kappa shape index (κ2) is 15.0. The lowest BCUT2D eigenvalue weighted by molar-refractivity contribution is -0.357. The number of phenols is 3. The average Bonchev–Trinajstić information content (AvgIpc) is 3.10. The van der Waals surface area contributed by atoms with Crippen LogP contribution in [-0.4, -0.2) is 155 Å². The minimum Gasteiger partial charge on any atom is -0.508 e. The molecule has 3 aliphatic rings. The lowest BCUT2D eigenvalue weighted by Crippen LogP contribution is -2.63. The first kappa shape index (κ1) is 38.1. The highest BCUT2D eigenvalue weighted by Gasteiger charge is 2.51. The van der Waals surface area contributed by atoms with Crippen LogP contribution in [0.3, 0.4) is 0 Å². The summed E-state index contributed by atoms with van der Waals surface area (Å²) in [5, 5.41) is 114. The molecule has 286 valence electrons. The predicted octanol–water partition coefficient (Wildman–Crippen LogP) is -2.54. The Morgan fingerprint density at radius 2 is 1.27 bits per heavy atom. The van der Waals surface area contributed by atoms with E-state index >= 15 is 0 Å². The first-order valence-corrected chi connectivity index (χ1v) is 16.2. The number of hydrogen-bond acceptors (Lipinski definition) is 19. The van der Waals surface area contributed by atoms with Crippen molar-refractivity contribution in [3.05, 3.63) is 46.6 Å². The normalized spacial score (nSPS) is 38.3. The molecule has 0 bridgehead atoms. The van der Waals surface area contributed by atoms with Gasteiger partial charge in [-0.2, -0.15) is 0 Å². The topological polar surface area (TPSA) is 308 Å². The van der Waals surface area contributed by atoms with Gasteiger partial charge in [0, 0.05) is 17.7 Å². The molecule has 0 spiro atoms. The molecule has 0 radical (unpaired) electrons. The number of fused-ring (bicyclic) bond motifs is 1. The number of benzene rings is 2. The van der Waals surface area contributed by atoms with Gasteiger partial charge in [-0.05, 0) is 38.1 Å². The maximum absolute atomic E-state index is 13.7. The summed E-state index contributed by atoms with van der Waals surface area (Å²) in [6.07, 6.45) is -23.8. The molecule has 4 heterocycles. The second-order valence-electron chi connectivity index (χ2n) is 12.9. The van der Waals surface area contributed by atoms with Crippen LogP contribution >= 0.6 is 0 Å². The third-order valence-corrected chi connectivity index (χ3v) is 9.25. The summed E-state index contributed by atoms with van der Waals surface area (Å²) >= 11 is 0. The maximum atomic E-state index is 13.7. The molecule has 3 fully saturated rings. The van der Waals surface area contributed by atoms with Crippen LogP contribution in [-0.2, 0) is 23.7 Å². The van der Waals surface area contributed by atoms with Crippen molar-refractivity contribution in [3.8, 4) is 34.3 Å². The van der Waals surface area contributed by atoms with Crippen molar-refractivity contribution in [1.82, 2.24) is 0 Å². The van der Waals surface area contributed by atoms with E-state index in [2.05, 4.69) is 0 Å². The van der Waals surface area contributed by atoms with Gasteiger partial charge in [-0.3, -0.25) is 4.79 Å². The van der Waals surface area contributed by atoms with E-state index in [-0.39, 0.29) is 22.7 Å². The van der Waals surface area contributed by atoms with Gasteiger partial charge in [0.25, 0.3) is 0 Å². The van der Waals surface area contributed by atoms with Gasteiger partial charge in [0.1, 0.15) is 89.3 Å². The summed E-state index contributed by atoms with van der Waals surface area (Å²) in [6.45, 7) is 2.22. The van der Waals surface area contributed by atoms with Crippen molar-refractivity contribution in [2.24, 2.45) is 0 Å². The molecule has 52 heavy (non-hydrogen) atoms. The second-order valence-corrected chi connectivity index (χ2v) is 12.9. The van der Waals surface area contributed by atoms with Gasteiger partial charge < -0.3 is 89.0 Å². The molecule has 3 aromatic rings. The average molecular weight is 741 g/mol. The SMILES string of the molecule is C[C@@H]1O[C@@H](O[C@@H]2[C@@H](O)[C@@H](O)[C@@H](OC[C@H]3O[C@H](Oc4c(-c5ccc(O)cc5)oc5cc(O)cc(O)c5c4=O)[C@H](O)[C@H](O)[C@H]3O)O[C@H]2C)[C@H](O)[C@H](O)[C@H]1O. The van der Waals surface area contributed by atoms with Crippen LogP contribution in [0, 0.1) is 0 Å². The van der Waals surface area contributed by atoms with Crippen LogP contribution in [0.2, 0.25) is 0 Å². The molecule has 11 N–H and O–H groups in total. The van der Waals surface area contributed by atoms with Gasteiger partial charge in [-0.25, -0.2) is 0 Å². The Kier molecular flexibility index (Phi) is 11.0. The Bertz CT molecular complexity index is 1770. The monoisotopic (exact) mass is 740 g/mol. The fraction of sp³-hybridized carbons (Fsp3) is 0.545. The highest BCUT2D eigenvalue weighted by atomic mass is 16.7. The standard InChI is InChI=1S/C33H40O19/c1-10-19(37)22(40)25(43)32(47-10)51-28-11(2)48-31(27(45)24(28)42)46-9-17-20(38)23(41)26(44)33(50-17)52-30-21(39)18-15(36)7-14(35)8-16(18)49-29(30)12-3-5-13(34)6-4-12/h3-8,10-11,17,19-20,22-28,31-38,40-45H,9H2,1-2H3/t10-,11-,17+,19-,20-,22+,23+,24-,25+,26+,27+,28-,31-,32-,33+/m0/s1. The van der Waals surface area contributed by atoms with E-state index < -0.39 is 127 Å². The smallest absolute Gasteiger partial charge is 0.239 e. The van der Waals surface area contributed by atoms with E-state index in [1.54, 1.807) is 0 Å². The summed E-state index contributed by atoms with van der Waals surface area (Å²) < 4.78 is 39.6. The van der Waals surface area contributed by atoms with Gasteiger partial charge in [-0.1, -0.05) is 0 Å². The van der Waals surface area contributed by atoms with Crippen molar-refractivity contribution in [2.45, 2.75) is 106 Å². The fourth-order valence-corrected chi connectivity index (χ4v) is 6.25. The fourth-order valence-electron chi connectivity index (χ4n) is 6.25. The third kappa shape index (κ3) is 7.16. The lowest BCUT2D eigenvalue weighted by Gasteiger charge is -2.46. The maximum Gasteiger partial charge on any atom is 0.239 e. The number of aromatic hydroxyl groups is 3. The number of ether oxygens (including phenoxy) is 6. The molecule has 0 saturated carbocycles. The minimum absolute atomic E-state index is 0.125. The number of rotatable bonds is 8. The molecule has 19 nitrogen and oxygen atoms in total. The van der Waals surface area contributed by atoms with Crippen LogP contribution in [0.1, 0.15) is 13.8 Å². The number of aliphatic hydroxyl groups excluding tert-OH is 8. The zero-order valence-corrected chi connectivity index (χ0v) is 27.5. The van der Waals surface area contributed by atoms with Crippen LogP contribution in [0.15, 0.2) is 45.6 Å². The van der Waals surface area contributed by atoms with E-state index in [1.165, 1.54) is 38.1 Å². The quantitative estimate of drug-likeness (QED) is 0.113. The van der Waals surface area contributed by atoms with Crippen LogP contribution in [0.4, 0.5) is 0 Å². The van der Waals surface area contributed by atoms with Crippen molar-refractivity contribution in [1.29, 1.82) is 0 Å². The third-order valence-electron chi connectivity index (χ3n) is 9.25. The Labute approximate surface area is 293 Å². The molecular weight excluding hydrogens is 700 g/mol. The zero-order chi connectivity index (χ0) is 37.8. The molecule has 0 unspecified atom stereocenters. The lowest BCUT2D eigenvalue weighted by atomic mass is 9.97. The van der Waals surface area contributed by atoms with E-state index in [9.17, 15) is 61.0 Å². The summed E-state index contributed by atoms with van der Waals surface area (Å²) in [7, 11) is 0. The first-order chi connectivity index (χ1) is 24.6. The van der Waals surface area contributed by atoms with Crippen LogP contribution < -0.4 is 10.2 Å². The highest BCUT2D eigenvalue weighted by Crippen LogP contribution is 2.38. The Morgan fingerprint density at radius 3 is 1.96 bits per heavy atom. The minimum atomic E-state index is -1.97. The van der Waals surface area contributed by atoms with Crippen molar-refractivity contribution in [3.63, 3.8) is 0 Å². The van der Waals surface area contributed by atoms with E-state index in [4.69, 9.17) is 32.8 Å². The van der Waals surface area contributed by atoms with E-state index in [1.807, 2.05) is 0 Å². The number of phenolic OH excluding ortho intramolecular Hbond substituents is 3. The van der Waals surface area contributed by atoms with Gasteiger partial charge >= 0.3 is 0 Å². The summed E-state index contributed by atoms with van der Waals surface area (Å²) in [5.41, 5.74) is -1.05. The van der Waals surface area contributed by atoms with Crippen molar-refractivity contribution < 1.29 is 89.0 Å². The summed E-state index contributed by atoms with van der Waals surface area (Å²) in [4.78, 5) is 13.7. The van der Waals surface area contributed by atoms with Gasteiger partial charge in [0.2, 0.25) is 17.5 Å². The Balaban J connectivity index is 1.19. The van der Waals surface area contributed by atoms with Gasteiger partial charge in [-0.15, -0.1) is 0 Å². The largest absolute Gasteiger partial charge is 0.508 e. The van der Waals surface area contributed by atoms with Gasteiger partial charge in [0.05, 0.1) is 18.8 Å². The zero-order valence-electron chi connectivity index (χ0n) is 27.5. The predicted molar refractivity (Wildman–Crippen MR) is 170 cm³/mol. The molecule has 6 rings (SSSR count). The van der Waals surface area contributed by atoms with Gasteiger partial charge in [0.15, 0.2) is 18.3 Å². The number of hydrogen-bond donors (Lipinski definition) is 11. The van der Waals surface area contributed by atoms with Crippen LogP contribution in [0.5, 0.6) is 23.0 Å². The van der Waals surface area contributed by atoms with Crippen LogP contribution in [0.25, 0.3) is 22.3 Å². The first-order valence-electron chi connectivity index (χ1n) is 16.2. The summed E-state index contributed by atoms with van der Waals surface area (Å²) in [5.74, 6) is -2.12.